The van der Waals surface area contributed by atoms with Gasteiger partial charge in [0.2, 0.25) is 5.91 Å². The lowest BCUT2D eigenvalue weighted by molar-refractivity contribution is -0.198. The minimum Gasteiger partial charge on any atom is -0.491 e. The van der Waals surface area contributed by atoms with Gasteiger partial charge in [-0.2, -0.15) is 17.7 Å². The molecular formula is C32H49N3O10S. The number of aryl methyl sites for hydroxylation is 1. The largest absolute Gasteiger partial charge is 0.491 e. The zero-order valence-electron chi connectivity index (χ0n) is 27.5. The van der Waals surface area contributed by atoms with Crippen molar-refractivity contribution in [3.05, 3.63) is 29.3 Å². The SMILES string of the molecule is CC.CC(C)(S)CC(=O)N/N=C1\CCCc2cc(OCCOCCOCCOCCOCCC(=O)ON3C(=O)CCC3=O)ccc21. The Labute approximate surface area is 277 Å². The zero-order valence-corrected chi connectivity index (χ0v) is 28.4. The highest BCUT2D eigenvalue weighted by atomic mass is 32.1. The Morgan fingerprint density at radius 2 is 1.41 bits per heavy atom. The second kappa shape index (κ2) is 21.7. The fraction of sp³-hybridized carbons (Fsp3) is 0.656. The molecule has 3 amide bonds. The van der Waals surface area contributed by atoms with Gasteiger partial charge in [0.15, 0.2) is 0 Å². The van der Waals surface area contributed by atoms with Crippen LogP contribution in [0.4, 0.5) is 0 Å². The van der Waals surface area contributed by atoms with Crippen LogP contribution in [0.1, 0.15) is 77.3 Å². The molecule has 1 heterocycles. The van der Waals surface area contributed by atoms with E-state index in [0.717, 1.165) is 41.9 Å². The molecule has 14 heteroatoms. The number of rotatable bonds is 20. The predicted molar refractivity (Wildman–Crippen MR) is 174 cm³/mol. The number of benzene rings is 1. The number of nitrogens with one attached hydrogen (secondary N) is 1. The first-order valence-electron chi connectivity index (χ1n) is 15.8. The highest BCUT2D eigenvalue weighted by molar-refractivity contribution is 7.81. The van der Waals surface area contributed by atoms with Crippen LogP contribution in [0.25, 0.3) is 0 Å². The number of thiol groups is 1. The Balaban J connectivity index is 0.00000361. The fourth-order valence-electron chi connectivity index (χ4n) is 4.35. The number of hydrogen-bond donors (Lipinski definition) is 2. The molecule has 0 atom stereocenters. The summed E-state index contributed by atoms with van der Waals surface area (Å²) in [6.45, 7) is 11.0. The summed E-state index contributed by atoms with van der Waals surface area (Å²) in [4.78, 5) is 51.3. The van der Waals surface area contributed by atoms with Crippen molar-refractivity contribution in [2.75, 3.05) is 59.5 Å². The first kappa shape index (κ1) is 39.1. The van der Waals surface area contributed by atoms with E-state index in [-0.39, 0.29) is 44.8 Å². The van der Waals surface area contributed by atoms with Gasteiger partial charge in [0.25, 0.3) is 11.8 Å². The Hall–Kier alpha value is -3.04. The van der Waals surface area contributed by atoms with Crippen molar-refractivity contribution in [3.63, 3.8) is 0 Å². The fourth-order valence-corrected chi connectivity index (χ4v) is 4.49. The van der Waals surface area contributed by atoms with Crippen LogP contribution in [0.5, 0.6) is 5.75 Å². The van der Waals surface area contributed by atoms with Gasteiger partial charge in [0, 0.05) is 29.6 Å². The summed E-state index contributed by atoms with van der Waals surface area (Å²) in [5, 5.41) is 4.89. The quantitative estimate of drug-likeness (QED) is 0.0917. The van der Waals surface area contributed by atoms with Crippen LogP contribution >= 0.6 is 12.6 Å². The summed E-state index contributed by atoms with van der Waals surface area (Å²) in [5.74, 6) is -1.11. The van der Waals surface area contributed by atoms with Crippen LogP contribution < -0.4 is 10.2 Å². The van der Waals surface area contributed by atoms with E-state index in [4.69, 9.17) is 28.5 Å². The van der Waals surface area contributed by atoms with Crippen LogP contribution in [0.2, 0.25) is 0 Å². The molecule has 3 rings (SSSR count). The molecule has 0 bridgehead atoms. The van der Waals surface area contributed by atoms with Gasteiger partial charge in [-0.15, -0.1) is 5.06 Å². The molecule has 2 aliphatic rings. The summed E-state index contributed by atoms with van der Waals surface area (Å²) in [6, 6.07) is 5.91. The number of ether oxygens (including phenoxy) is 5. The zero-order chi connectivity index (χ0) is 33.8. The van der Waals surface area contributed by atoms with Crippen molar-refractivity contribution >= 4 is 42.0 Å². The molecule has 0 aromatic heterocycles. The smallest absolute Gasteiger partial charge is 0.335 e. The lowest BCUT2D eigenvalue weighted by atomic mass is 9.90. The van der Waals surface area contributed by atoms with Crippen molar-refractivity contribution in [1.82, 2.24) is 10.5 Å². The molecule has 1 aromatic carbocycles. The molecule has 46 heavy (non-hydrogen) atoms. The number of hydroxylamine groups is 2. The van der Waals surface area contributed by atoms with Crippen LogP contribution in [0.3, 0.4) is 0 Å². The van der Waals surface area contributed by atoms with Gasteiger partial charge in [-0.05, 0) is 43.0 Å². The average Bonchev–Trinajstić information content (AvgIpc) is 3.34. The van der Waals surface area contributed by atoms with E-state index >= 15 is 0 Å². The lowest BCUT2D eigenvalue weighted by Crippen LogP contribution is -2.32. The standard InChI is InChI=1S/C30H43N3O10S.C2H6/c1-30(2,44)21-26(34)32-31-25-5-3-4-22-20-23(6-7-24(22)25)42-19-18-41-17-16-40-15-14-39-13-12-38-11-10-29(37)43-33-27(35)8-9-28(33)36;1-2/h6-7,20,44H,3-5,8-19,21H2,1-2H3,(H,32,34);1-2H3/b31-25+;. The van der Waals surface area contributed by atoms with Crippen LogP contribution in [-0.4, -0.2) is 98.7 Å². The normalized spacial score (nSPS) is 15.3. The number of carbonyl (C=O) groups excluding carboxylic acids is 4. The minimum atomic E-state index is -0.700. The van der Waals surface area contributed by atoms with E-state index in [0.29, 0.717) is 51.3 Å². The maximum Gasteiger partial charge on any atom is 0.335 e. The third kappa shape index (κ3) is 15.5. The van der Waals surface area contributed by atoms with Gasteiger partial charge in [-0.1, -0.05) is 27.7 Å². The number of imide groups is 1. The van der Waals surface area contributed by atoms with E-state index in [2.05, 4.69) is 23.2 Å². The monoisotopic (exact) mass is 667 g/mol. The molecule has 1 aliphatic heterocycles. The summed E-state index contributed by atoms with van der Waals surface area (Å²) < 4.78 is 27.2. The molecule has 0 saturated carbocycles. The number of hydrogen-bond acceptors (Lipinski definition) is 12. The lowest BCUT2D eigenvalue weighted by Gasteiger charge is -2.20. The Morgan fingerprint density at radius 1 is 0.848 bits per heavy atom. The summed E-state index contributed by atoms with van der Waals surface area (Å²) in [7, 11) is 0. The number of carbonyl (C=O) groups is 4. The van der Waals surface area contributed by atoms with Crippen molar-refractivity contribution in [1.29, 1.82) is 0 Å². The molecule has 1 fully saturated rings. The molecule has 0 unspecified atom stereocenters. The molecule has 1 aliphatic carbocycles. The maximum atomic E-state index is 12.1. The number of hydrazone groups is 1. The maximum absolute atomic E-state index is 12.1. The van der Waals surface area contributed by atoms with Gasteiger partial charge in [0.05, 0.1) is 65.0 Å². The molecule has 1 N–H and O–H groups in total. The highest BCUT2D eigenvalue weighted by Gasteiger charge is 2.32. The second-order valence-corrected chi connectivity index (χ2v) is 12.1. The van der Waals surface area contributed by atoms with Crippen molar-refractivity contribution in [3.8, 4) is 5.75 Å². The third-order valence-corrected chi connectivity index (χ3v) is 6.58. The molecular weight excluding hydrogens is 618 g/mol. The molecule has 13 nitrogen and oxygen atoms in total. The molecule has 0 spiro atoms. The van der Waals surface area contributed by atoms with Crippen molar-refractivity contribution in [2.24, 2.45) is 5.10 Å². The van der Waals surface area contributed by atoms with Gasteiger partial charge >= 0.3 is 5.97 Å². The third-order valence-electron chi connectivity index (χ3n) is 6.42. The topological polar surface area (TPSA) is 151 Å². The van der Waals surface area contributed by atoms with Gasteiger partial charge in [-0.3, -0.25) is 14.4 Å². The molecule has 0 radical (unpaired) electrons. The Morgan fingerprint density at radius 3 is 2.00 bits per heavy atom. The van der Waals surface area contributed by atoms with E-state index in [1.54, 1.807) is 0 Å². The van der Waals surface area contributed by atoms with Crippen LogP contribution in [-0.2, 0) is 49.4 Å². The minimum absolute atomic E-state index is 0.0579. The predicted octanol–water partition coefficient (Wildman–Crippen LogP) is 3.41. The first-order chi connectivity index (χ1) is 22.1. The number of amides is 3. The summed E-state index contributed by atoms with van der Waals surface area (Å²) >= 11 is 4.40. The molecule has 258 valence electrons. The van der Waals surface area contributed by atoms with Gasteiger partial charge in [0.1, 0.15) is 12.4 Å². The van der Waals surface area contributed by atoms with Crippen LogP contribution in [0, 0.1) is 0 Å². The highest BCUT2D eigenvalue weighted by Crippen LogP contribution is 2.26. The Kier molecular flexibility index (Phi) is 18.5. The van der Waals surface area contributed by atoms with Gasteiger partial charge in [-0.25, -0.2) is 10.2 Å². The van der Waals surface area contributed by atoms with Crippen molar-refractivity contribution in [2.45, 2.75) is 77.4 Å². The summed E-state index contributed by atoms with van der Waals surface area (Å²) in [6.07, 6.45) is 3.02. The first-order valence-corrected chi connectivity index (χ1v) is 16.3. The average molecular weight is 668 g/mol. The van der Waals surface area contributed by atoms with E-state index in [1.807, 2.05) is 45.9 Å². The van der Waals surface area contributed by atoms with Crippen molar-refractivity contribution < 1.29 is 47.7 Å². The van der Waals surface area contributed by atoms with Gasteiger partial charge < -0.3 is 28.5 Å². The summed E-state index contributed by atoms with van der Waals surface area (Å²) in [5.41, 5.74) is 5.72. The Bertz CT molecular complexity index is 1140. The van der Waals surface area contributed by atoms with E-state index in [9.17, 15) is 19.2 Å². The van der Waals surface area contributed by atoms with Crippen LogP contribution in [0.15, 0.2) is 23.3 Å². The van der Waals surface area contributed by atoms with E-state index in [1.165, 1.54) is 0 Å². The number of fused-ring (bicyclic) bond motifs is 1. The molecule has 1 aromatic rings. The second-order valence-electron chi connectivity index (χ2n) is 10.8. The molecule has 1 saturated heterocycles. The number of nitrogens with zero attached hydrogens (tertiary/aromatic N) is 2. The van der Waals surface area contributed by atoms with E-state index < -0.39 is 22.5 Å².